The largest absolute Gasteiger partial charge is 0.468 e. The van der Waals surface area contributed by atoms with E-state index < -0.39 is 22.0 Å². The summed E-state index contributed by atoms with van der Waals surface area (Å²) in [7, 11) is -2.37. The molecule has 2 rings (SSSR count). The molecule has 1 unspecified atom stereocenters. The molecule has 5 nitrogen and oxygen atoms in total. The Kier molecular flexibility index (Phi) is 4.68. The van der Waals surface area contributed by atoms with Crippen molar-refractivity contribution in [2.75, 3.05) is 13.7 Å². The van der Waals surface area contributed by atoms with Gasteiger partial charge in [-0.3, -0.25) is 4.79 Å². The molecule has 1 heterocycles. The first-order valence-corrected chi connectivity index (χ1v) is 8.51. The normalized spacial score (nSPS) is 19.9. The third kappa shape index (κ3) is 3.11. The predicted octanol–water partition coefficient (Wildman–Crippen LogP) is 2.14. The number of sulfonamides is 1. The number of carbonyl (C=O) groups excluding carboxylic acids is 1. The van der Waals surface area contributed by atoms with Gasteiger partial charge in [0.1, 0.15) is 6.04 Å². The molecule has 1 aliphatic rings. The number of hydrogen-bond donors (Lipinski definition) is 0. The standard InChI is InChI=1S/C15H21NO4S/c1-11(2)12-6-8-13(9-7-12)21(18,19)16-10-4-5-14(16)15(17)20-3/h6-9,11,14H,4-5,10H2,1-3H3. The molecule has 0 aliphatic carbocycles. The molecule has 6 heteroatoms. The predicted molar refractivity (Wildman–Crippen MR) is 79.5 cm³/mol. The van der Waals surface area contributed by atoms with Gasteiger partial charge in [-0.15, -0.1) is 0 Å². The van der Waals surface area contributed by atoms with Crippen LogP contribution in [-0.2, 0) is 19.6 Å². The van der Waals surface area contributed by atoms with E-state index >= 15 is 0 Å². The Morgan fingerprint density at radius 1 is 1.29 bits per heavy atom. The highest BCUT2D eigenvalue weighted by Crippen LogP contribution is 2.27. The molecule has 0 radical (unpaired) electrons. The van der Waals surface area contributed by atoms with Crippen LogP contribution in [0.5, 0.6) is 0 Å². The molecular formula is C15H21NO4S. The first-order valence-electron chi connectivity index (χ1n) is 7.07. The molecule has 1 aromatic carbocycles. The minimum absolute atomic E-state index is 0.225. The molecule has 1 atom stereocenters. The second kappa shape index (κ2) is 6.15. The van der Waals surface area contributed by atoms with E-state index in [1.54, 1.807) is 12.1 Å². The molecule has 1 aromatic rings. The minimum atomic E-state index is -3.65. The second-order valence-corrected chi connectivity index (χ2v) is 7.41. The Morgan fingerprint density at radius 3 is 2.43 bits per heavy atom. The number of hydrogen-bond acceptors (Lipinski definition) is 4. The van der Waals surface area contributed by atoms with Gasteiger partial charge in [0.15, 0.2) is 0 Å². The van der Waals surface area contributed by atoms with Crippen LogP contribution in [0.2, 0.25) is 0 Å². The highest BCUT2D eigenvalue weighted by Gasteiger charge is 2.40. The first kappa shape index (κ1) is 16.0. The van der Waals surface area contributed by atoms with Crippen molar-refractivity contribution in [1.82, 2.24) is 4.31 Å². The summed E-state index contributed by atoms with van der Waals surface area (Å²) in [6.07, 6.45) is 1.18. The molecule has 0 aromatic heterocycles. The van der Waals surface area contributed by atoms with Gasteiger partial charge in [0, 0.05) is 6.54 Å². The van der Waals surface area contributed by atoms with Crippen LogP contribution in [0.3, 0.4) is 0 Å². The number of nitrogens with zero attached hydrogens (tertiary/aromatic N) is 1. The number of carbonyl (C=O) groups is 1. The molecule has 1 aliphatic heterocycles. The SMILES string of the molecule is COC(=O)C1CCCN1S(=O)(=O)c1ccc(C(C)C)cc1. The molecule has 1 fully saturated rings. The Morgan fingerprint density at radius 2 is 1.90 bits per heavy atom. The van der Waals surface area contributed by atoms with Gasteiger partial charge >= 0.3 is 5.97 Å². The maximum Gasteiger partial charge on any atom is 0.324 e. The molecular weight excluding hydrogens is 290 g/mol. The van der Waals surface area contributed by atoms with Gasteiger partial charge in [-0.25, -0.2) is 8.42 Å². The fraction of sp³-hybridized carbons (Fsp3) is 0.533. The number of esters is 1. The van der Waals surface area contributed by atoms with Crippen LogP contribution in [-0.4, -0.2) is 38.4 Å². The van der Waals surface area contributed by atoms with E-state index in [9.17, 15) is 13.2 Å². The Labute approximate surface area is 126 Å². The lowest BCUT2D eigenvalue weighted by atomic mass is 10.0. The molecule has 21 heavy (non-hydrogen) atoms. The molecule has 0 saturated carbocycles. The molecule has 1 saturated heterocycles. The number of benzene rings is 1. The van der Waals surface area contributed by atoms with Crippen LogP contribution in [0.15, 0.2) is 29.2 Å². The van der Waals surface area contributed by atoms with E-state index in [1.165, 1.54) is 11.4 Å². The number of methoxy groups -OCH3 is 1. The maximum absolute atomic E-state index is 12.7. The smallest absolute Gasteiger partial charge is 0.324 e. The Bertz CT molecular complexity index is 607. The zero-order chi connectivity index (χ0) is 15.6. The quantitative estimate of drug-likeness (QED) is 0.799. The summed E-state index contributed by atoms with van der Waals surface area (Å²) >= 11 is 0. The van der Waals surface area contributed by atoms with Gasteiger partial charge in [-0.05, 0) is 36.5 Å². The Hall–Kier alpha value is -1.40. The summed E-state index contributed by atoms with van der Waals surface area (Å²) in [5.74, 6) is -0.147. The summed E-state index contributed by atoms with van der Waals surface area (Å²) in [5.41, 5.74) is 1.08. The highest BCUT2D eigenvalue weighted by atomic mass is 32.2. The molecule has 0 bridgehead atoms. The van der Waals surface area contributed by atoms with E-state index in [-0.39, 0.29) is 4.90 Å². The average Bonchev–Trinajstić information content (AvgIpc) is 2.96. The maximum atomic E-state index is 12.7. The summed E-state index contributed by atoms with van der Waals surface area (Å²) < 4.78 is 31.3. The van der Waals surface area contributed by atoms with Gasteiger partial charge in [-0.2, -0.15) is 4.31 Å². The van der Waals surface area contributed by atoms with Crippen molar-refractivity contribution in [2.24, 2.45) is 0 Å². The zero-order valence-corrected chi connectivity index (χ0v) is 13.4. The van der Waals surface area contributed by atoms with Crippen LogP contribution in [0.25, 0.3) is 0 Å². The summed E-state index contributed by atoms with van der Waals surface area (Å²) in [5, 5.41) is 0. The number of ether oxygens (including phenoxy) is 1. The van der Waals surface area contributed by atoms with Gasteiger partial charge in [-0.1, -0.05) is 26.0 Å². The van der Waals surface area contributed by atoms with Crippen molar-refractivity contribution in [1.29, 1.82) is 0 Å². The third-order valence-corrected chi connectivity index (χ3v) is 5.75. The molecule has 0 spiro atoms. The van der Waals surface area contributed by atoms with Crippen LogP contribution < -0.4 is 0 Å². The topological polar surface area (TPSA) is 63.7 Å². The van der Waals surface area contributed by atoms with Crippen LogP contribution >= 0.6 is 0 Å². The van der Waals surface area contributed by atoms with Crippen LogP contribution in [0.1, 0.15) is 38.2 Å². The van der Waals surface area contributed by atoms with Crippen molar-refractivity contribution < 1.29 is 17.9 Å². The third-order valence-electron chi connectivity index (χ3n) is 3.83. The van der Waals surface area contributed by atoms with Gasteiger partial charge in [0.2, 0.25) is 10.0 Å². The fourth-order valence-corrected chi connectivity index (χ4v) is 4.21. The van der Waals surface area contributed by atoms with Gasteiger partial charge in [0.05, 0.1) is 12.0 Å². The lowest BCUT2D eigenvalue weighted by molar-refractivity contribution is -0.144. The van der Waals surface area contributed by atoms with Crippen LogP contribution in [0, 0.1) is 0 Å². The molecule has 116 valence electrons. The van der Waals surface area contributed by atoms with Crippen molar-refractivity contribution >= 4 is 16.0 Å². The van der Waals surface area contributed by atoms with E-state index in [1.807, 2.05) is 12.1 Å². The highest BCUT2D eigenvalue weighted by molar-refractivity contribution is 7.89. The number of rotatable bonds is 4. The first-order chi connectivity index (χ1) is 9.87. The molecule has 0 amide bonds. The average molecular weight is 311 g/mol. The van der Waals surface area contributed by atoms with Crippen molar-refractivity contribution in [2.45, 2.75) is 43.5 Å². The van der Waals surface area contributed by atoms with Gasteiger partial charge in [0.25, 0.3) is 0 Å². The lowest BCUT2D eigenvalue weighted by Gasteiger charge is -2.22. The van der Waals surface area contributed by atoms with Gasteiger partial charge < -0.3 is 4.74 Å². The zero-order valence-electron chi connectivity index (χ0n) is 12.6. The van der Waals surface area contributed by atoms with Crippen molar-refractivity contribution in [3.05, 3.63) is 29.8 Å². The van der Waals surface area contributed by atoms with Crippen LogP contribution in [0.4, 0.5) is 0 Å². The fourth-order valence-electron chi connectivity index (χ4n) is 2.56. The van der Waals surface area contributed by atoms with E-state index in [0.717, 1.165) is 5.56 Å². The molecule has 0 N–H and O–H groups in total. The summed E-state index contributed by atoms with van der Waals surface area (Å²) in [6, 6.07) is 6.15. The summed E-state index contributed by atoms with van der Waals surface area (Å²) in [6.45, 7) is 4.46. The summed E-state index contributed by atoms with van der Waals surface area (Å²) in [4.78, 5) is 11.9. The minimum Gasteiger partial charge on any atom is -0.468 e. The Balaban J connectivity index is 2.30. The monoisotopic (exact) mass is 311 g/mol. The van der Waals surface area contributed by atoms with Crippen molar-refractivity contribution in [3.8, 4) is 0 Å². The lowest BCUT2D eigenvalue weighted by Crippen LogP contribution is -2.41. The second-order valence-electron chi connectivity index (χ2n) is 5.52. The van der Waals surface area contributed by atoms with E-state index in [4.69, 9.17) is 4.74 Å². The van der Waals surface area contributed by atoms with E-state index in [0.29, 0.717) is 25.3 Å². The van der Waals surface area contributed by atoms with E-state index in [2.05, 4.69) is 13.8 Å². The van der Waals surface area contributed by atoms with Crippen molar-refractivity contribution in [3.63, 3.8) is 0 Å².